The molecule has 4 rings (SSSR count). The van der Waals surface area contributed by atoms with Gasteiger partial charge in [-0.3, -0.25) is 4.79 Å². The molecule has 0 bridgehead atoms. The number of halogens is 1. The molecule has 0 spiro atoms. The maximum atomic E-state index is 13.1. The number of rotatable bonds is 9. The van der Waals surface area contributed by atoms with Gasteiger partial charge < -0.3 is 15.2 Å². The summed E-state index contributed by atoms with van der Waals surface area (Å²) >= 11 is 1.15. The van der Waals surface area contributed by atoms with Gasteiger partial charge >= 0.3 is 0 Å². The molecular weight excluding hydrogens is 457 g/mol. The van der Waals surface area contributed by atoms with E-state index in [9.17, 15) is 14.3 Å². The standard InChI is InChI=1S/C24H20FN5O3S/c25-18-8-10-19(11-9-18)27-23(32)16-34-24-29-28-22(15-33-21-4-2-1-3-5-21)30(24)26-14-17-6-12-20(31)13-7-17/h1-14,31H,15-16H2,(H,27,32). The van der Waals surface area contributed by atoms with Crippen LogP contribution < -0.4 is 10.1 Å². The van der Waals surface area contributed by atoms with Gasteiger partial charge in [-0.15, -0.1) is 10.2 Å². The number of carbonyl (C=O) groups excluding carboxylic acids is 1. The first-order valence-corrected chi connectivity index (χ1v) is 11.2. The fraction of sp³-hybridized carbons (Fsp3) is 0.0833. The molecule has 1 amide bonds. The summed E-state index contributed by atoms with van der Waals surface area (Å²) in [7, 11) is 0. The number of hydrogen-bond acceptors (Lipinski definition) is 7. The van der Waals surface area contributed by atoms with E-state index < -0.39 is 0 Å². The molecule has 2 N–H and O–H groups in total. The summed E-state index contributed by atoms with van der Waals surface area (Å²) in [6.45, 7) is 0.117. The lowest BCUT2D eigenvalue weighted by Crippen LogP contribution is -2.14. The molecule has 3 aromatic carbocycles. The SMILES string of the molecule is O=C(CSc1nnc(COc2ccccc2)n1N=Cc1ccc(O)cc1)Nc1ccc(F)cc1. The van der Waals surface area contributed by atoms with E-state index in [1.807, 2.05) is 30.3 Å². The number of phenolic OH excluding ortho intramolecular Hbond substituents is 1. The average Bonchev–Trinajstić information content (AvgIpc) is 3.25. The largest absolute Gasteiger partial charge is 0.508 e. The lowest BCUT2D eigenvalue weighted by Gasteiger charge is -2.07. The first-order valence-electron chi connectivity index (χ1n) is 10.2. The summed E-state index contributed by atoms with van der Waals surface area (Å²) in [6.07, 6.45) is 1.59. The van der Waals surface area contributed by atoms with Crippen molar-refractivity contribution in [2.75, 3.05) is 11.1 Å². The van der Waals surface area contributed by atoms with Crippen LogP contribution in [0.2, 0.25) is 0 Å². The number of benzene rings is 3. The van der Waals surface area contributed by atoms with Crippen LogP contribution in [0.5, 0.6) is 11.5 Å². The number of phenols is 1. The smallest absolute Gasteiger partial charge is 0.234 e. The number of hydrogen-bond donors (Lipinski definition) is 2. The number of nitrogens with one attached hydrogen (secondary N) is 1. The summed E-state index contributed by atoms with van der Waals surface area (Å²) in [5.41, 5.74) is 1.25. The van der Waals surface area contributed by atoms with Crippen LogP contribution in [0.3, 0.4) is 0 Å². The van der Waals surface area contributed by atoms with Gasteiger partial charge in [-0.05, 0) is 66.2 Å². The predicted octanol–water partition coefficient (Wildman–Crippen LogP) is 4.31. The van der Waals surface area contributed by atoms with Gasteiger partial charge in [0.25, 0.3) is 0 Å². The highest BCUT2D eigenvalue weighted by Crippen LogP contribution is 2.20. The van der Waals surface area contributed by atoms with Crippen molar-refractivity contribution < 1.29 is 19.0 Å². The van der Waals surface area contributed by atoms with Crippen molar-refractivity contribution in [2.45, 2.75) is 11.8 Å². The van der Waals surface area contributed by atoms with Crippen LogP contribution in [-0.4, -0.2) is 37.9 Å². The zero-order chi connectivity index (χ0) is 23.8. The third kappa shape index (κ3) is 6.42. The van der Waals surface area contributed by atoms with E-state index in [0.29, 0.717) is 22.4 Å². The Balaban J connectivity index is 1.48. The monoisotopic (exact) mass is 477 g/mol. The number of amides is 1. The predicted molar refractivity (Wildman–Crippen MR) is 128 cm³/mol. The van der Waals surface area contributed by atoms with E-state index in [1.165, 1.54) is 28.9 Å². The van der Waals surface area contributed by atoms with Gasteiger partial charge in [-0.1, -0.05) is 30.0 Å². The van der Waals surface area contributed by atoms with Gasteiger partial charge in [0.1, 0.15) is 23.9 Å². The van der Waals surface area contributed by atoms with E-state index in [2.05, 4.69) is 20.6 Å². The molecule has 0 saturated carbocycles. The van der Waals surface area contributed by atoms with Crippen molar-refractivity contribution in [1.29, 1.82) is 0 Å². The van der Waals surface area contributed by atoms with E-state index >= 15 is 0 Å². The summed E-state index contributed by atoms with van der Waals surface area (Å²) < 4.78 is 20.3. The van der Waals surface area contributed by atoms with Crippen molar-refractivity contribution >= 4 is 29.6 Å². The topological polar surface area (TPSA) is 102 Å². The molecule has 10 heteroatoms. The third-order valence-corrected chi connectivity index (χ3v) is 5.38. The number of aromatic nitrogens is 3. The summed E-state index contributed by atoms with van der Waals surface area (Å²) in [4.78, 5) is 12.3. The maximum absolute atomic E-state index is 13.1. The van der Waals surface area contributed by atoms with E-state index in [-0.39, 0.29) is 29.8 Å². The Hall–Kier alpha value is -4.18. The first kappa shape index (κ1) is 23.0. The van der Waals surface area contributed by atoms with Crippen LogP contribution in [-0.2, 0) is 11.4 Å². The zero-order valence-electron chi connectivity index (χ0n) is 17.8. The van der Waals surface area contributed by atoms with E-state index in [4.69, 9.17) is 4.74 Å². The highest BCUT2D eigenvalue weighted by molar-refractivity contribution is 7.99. The fourth-order valence-corrected chi connectivity index (χ4v) is 3.51. The minimum atomic E-state index is -0.378. The molecule has 0 aliphatic rings. The highest BCUT2D eigenvalue weighted by atomic mass is 32.2. The Kier molecular flexibility index (Phi) is 7.51. The minimum absolute atomic E-state index is 0.0454. The molecule has 0 aliphatic heterocycles. The minimum Gasteiger partial charge on any atom is -0.508 e. The molecular formula is C24H20FN5O3S. The second kappa shape index (κ2) is 11.1. The molecule has 0 aliphatic carbocycles. The lowest BCUT2D eigenvalue weighted by atomic mass is 10.2. The maximum Gasteiger partial charge on any atom is 0.234 e. The number of aromatic hydroxyl groups is 1. The van der Waals surface area contributed by atoms with Gasteiger partial charge in [0.15, 0.2) is 5.82 Å². The second-order valence-electron chi connectivity index (χ2n) is 6.99. The van der Waals surface area contributed by atoms with Crippen LogP contribution in [0.25, 0.3) is 0 Å². The van der Waals surface area contributed by atoms with Crippen molar-refractivity contribution in [1.82, 2.24) is 14.9 Å². The Labute approximate surface area is 199 Å². The molecule has 34 heavy (non-hydrogen) atoms. The van der Waals surface area contributed by atoms with Crippen molar-refractivity contribution in [3.05, 3.63) is 96.1 Å². The number of anilines is 1. The summed E-state index contributed by atoms with van der Waals surface area (Å²) in [5, 5.41) is 25.4. The van der Waals surface area contributed by atoms with Crippen LogP contribution in [0.1, 0.15) is 11.4 Å². The molecule has 1 heterocycles. The van der Waals surface area contributed by atoms with Crippen LogP contribution >= 0.6 is 11.8 Å². The van der Waals surface area contributed by atoms with Gasteiger partial charge in [-0.2, -0.15) is 9.78 Å². The molecule has 0 atom stereocenters. The Bertz CT molecular complexity index is 1260. The molecule has 1 aromatic heterocycles. The Morgan fingerprint density at radius 2 is 1.79 bits per heavy atom. The highest BCUT2D eigenvalue weighted by Gasteiger charge is 2.15. The molecule has 0 saturated heterocycles. The Morgan fingerprint density at radius 3 is 2.53 bits per heavy atom. The molecule has 0 radical (unpaired) electrons. The Morgan fingerprint density at radius 1 is 1.06 bits per heavy atom. The summed E-state index contributed by atoms with van der Waals surface area (Å²) in [5.74, 6) is 0.659. The number of ether oxygens (including phenoxy) is 1. The molecule has 0 fully saturated rings. The van der Waals surface area contributed by atoms with Gasteiger partial charge in [0.05, 0.1) is 12.0 Å². The van der Waals surface area contributed by atoms with E-state index in [1.54, 1.807) is 30.5 Å². The molecule has 0 unspecified atom stereocenters. The number of nitrogens with zero attached hydrogens (tertiary/aromatic N) is 4. The second-order valence-corrected chi connectivity index (χ2v) is 7.93. The average molecular weight is 478 g/mol. The van der Waals surface area contributed by atoms with Gasteiger partial charge in [-0.25, -0.2) is 4.39 Å². The van der Waals surface area contributed by atoms with Gasteiger partial charge in [0, 0.05) is 5.69 Å². The number of thioether (sulfide) groups is 1. The van der Waals surface area contributed by atoms with Gasteiger partial charge in [0.2, 0.25) is 11.1 Å². The summed E-state index contributed by atoms with van der Waals surface area (Å²) in [6, 6.07) is 21.3. The number of carbonyl (C=O) groups is 1. The van der Waals surface area contributed by atoms with Crippen LogP contribution in [0.15, 0.2) is 89.1 Å². The quantitative estimate of drug-likeness (QED) is 0.275. The molecule has 8 nitrogen and oxygen atoms in total. The molecule has 4 aromatic rings. The molecule has 172 valence electrons. The third-order valence-electron chi connectivity index (χ3n) is 4.46. The lowest BCUT2D eigenvalue weighted by molar-refractivity contribution is -0.113. The fourth-order valence-electron chi connectivity index (χ4n) is 2.80. The van der Waals surface area contributed by atoms with Crippen molar-refractivity contribution in [3.8, 4) is 11.5 Å². The van der Waals surface area contributed by atoms with E-state index in [0.717, 1.165) is 17.3 Å². The first-order chi connectivity index (χ1) is 16.6. The van der Waals surface area contributed by atoms with Crippen LogP contribution in [0, 0.1) is 5.82 Å². The normalized spacial score (nSPS) is 11.0. The zero-order valence-corrected chi connectivity index (χ0v) is 18.7. The van der Waals surface area contributed by atoms with Crippen LogP contribution in [0.4, 0.5) is 10.1 Å². The van der Waals surface area contributed by atoms with Crippen molar-refractivity contribution in [2.24, 2.45) is 5.10 Å². The van der Waals surface area contributed by atoms with Crippen molar-refractivity contribution in [3.63, 3.8) is 0 Å². The number of para-hydroxylation sites is 1.